The van der Waals surface area contributed by atoms with Gasteiger partial charge in [-0.1, -0.05) is 0 Å². The number of benzene rings is 2. The first kappa shape index (κ1) is 17.7. The van der Waals surface area contributed by atoms with E-state index >= 15 is 0 Å². The molecule has 0 spiro atoms. The van der Waals surface area contributed by atoms with Gasteiger partial charge in [0.25, 0.3) is 0 Å². The fourth-order valence-electron chi connectivity index (χ4n) is 3.42. The first-order valence-electron chi connectivity index (χ1n) is 8.75. The number of fused-ring (bicyclic) bond motifs is 1. The van der Waals surface area contributed by atoms with Crippen LogP contribution in [-0.4, -0.2) is 37.1 Å². The van der Waals surface area contributed by atoms with Gasteiger partial charge in [0.15, 0.2) is 0 Å². The number of alkyl halides is 3. The smallest absolute Gasteiger partial charge is 0.369 e. The number of hydrogen-bond acceptors (Lipinski definition) is 4. The van der Waals surface area contributed by atoms with Crippen LogP contribution >= 0.6 is 0 Å². The minimum absolute atomic E-state index is 0.00676. The maximum atomic E-state index is 12.7. The molecule has 8 heteroatoms. The minimum Gasteiger partial charge on any atom is -0.369 e. The van der Waals surface area contributed by atoms with Crippen molar-refractivity contribution in [1.82, 2.24) is 5.01 Å². The third-order valence-corrected chi connectivity index (χ3v) is 4.86. The first-order chi connectivity index (χ1) is 12.9. The molecule has 0 atom stereocenters. The van der Waals surface area contributed by atoms with Crippen LogP contribution in [0.25, 0.3) is 0 Å². The second kappa shape index (κ2) is 6.77. The Bertz CT molecular complexity index is 843. The van der Waals surface area contributed by atoms with Crippen LogP contribution in [0.2, 0.25) is 0 Å². The van der Waals surface area contributed by atoms with E-state index in [-0.39, 0.29) is 5.91 Å². The molecule has 27 heavy (non-hydrogen) atoms. The molecular weight excluding hydrogens is 357 g/mol. The molecule has 0 unspecified atom stereocenters. The van der Waals surface area contributed by atoms with Gasteiger partial charge in [-0.3, -0.25) is 4.79 Å². The summed E-state index contributed by atoms with van der Waals surface area (Å²) >= 11 is 0. The molecule has 0 bridgehead atoms. The lowest BCUT2D eigenvalue weighted by Gasteiger charge is -2.36. The average molecular weight is 376 g/mol. The Hall–Kier alpha value is -2.74. The zero-order valence-electron chi connectivity index (χ0n) is 14.5. The van der Waals surface area contributed by atoms with E-state index in [1.54, 1.807) is 0 Å². The Morgan fingerprint density at radius 2 is 1.67 bits per heavy atom. The van der Waals surface area contributed by atoms with E-state index in [1.165, 1.54) is 12.1 Å². The summed E-state index contributed by atoms with van der Waals surface area (Å²) in [6, 6.07) is 11.1. The van der Waals surface area contributed by atoms with Gasteiger partial charge in [-0.05, 0) is 48.0 Å². The van der Waals surface area contributed by atoms with Crippen LogP contribution in [-0.2, 0) is 17.4 Å². The molecular formula is C19H19F3N4O. The van der Waals surface area contributed by atoms with Crippen LogP contribution in [0.5, 0.6) is 0 Å². The van der Waals surface area contributed by atoms with Gasteiger partial charge in [-0.25, -0.2) is 5.01 Å². The number of nitrogens with one attached hydrogen (secondary N) is 2. The van der Waals surface area contributed by atoms with E-state index in [9.17, 15) is 18.0 Å². The van der Waals surface area contributed by atoms with Crippen LogP contribution in [0.4, 0.5) is 30.2 Å². The van der Waals surface area contributed by atoms with E-state index in [0.717, 1.165) is 47.8 Å². The number of hydrazine groups is 1. The Morgan fingerprint density at radius 3 is 2.33 bits per heavy atom. The van der Waals surface area contributed by atoms with Crippen molar-refractivity contribution < 1.29 is 18.0 Å². The zero-order chi connectivity index (χ0) is 19.0. The van der Waals surface area contributed by atoms with Crippen LogP contribution in [0.1, 0.15) is 11.1 Å². The summed E-state index contributed by atoms with van der Waals surface area (Å²) in [6.45, 7) is 2.89. The SMILES string of the molecule is O=C1Cc2cc(NN3CCN(c4ccc(C(F)(F)F)cc4)CC3)ccc2N1. The molecule has 0 radical (unpaired) electrons. The van der Waals surface area contributed by atoms with Crippen LogP contribution in [0.15, 0.2) is 42.5 Å². The van der Waals surface area contributed by atoms with Gasteiger partial charge >= 0.3 is 6.18 Å². The summed E-state index contributed by atoms with van der Waals surface area (Å²) in [7, 11) is 0. The summed E-state index contributed by atoms with van der Waals surface area (Å²) in [5, 5.41) is 4.88. The number of carbonyl (C=O) groups is 1. The molecule has 1 fully saturated rings. The third kappa shape index (κ3) is 3.85. The van der Waals surface area contributed by atoms with E-state index < -0.39 is 11.7 Å². The normalized spacial score (nSPS) is 17.6. The van der Waals surface area contributed by atoms with Crippen molar-refractivity contribution in [3.63, 3.8) is 0 Å². The van der Waals surface area contributed by atoms with Gasteiger partial charge in [0.2, 0.25) is 5.91 Å². The number of halogens is 3. The van der Waals surface area contributed by atoms with Crippen molar-refractivity contribution in [2.75, 3.05) is 41.8 Å². The van der Waals surface area contributed by atoms with Crippen molar-refractivity contribution in [1.29, 1.82) is 0 Å². The third-order valence-electron chi connectivity index (χ3n) is 4.86. The Balaban J connectivity index is 1.34. The number of hydrogen-bond donors (Lipinski definition) is 2. The lowest BCUT2D eigenvalue weighted by atomic mass is 10.1. The molecule has 2 heterocycles. The average Bonchev–Trinajstić information content (AvgIpc) is 3.01. The lowest BCUT2D eigenvalue weighted by molar-refractivity contribution is -0.137. The predicted octanol–water partition coefficient (Wildman–Crippen LogP) is 3.35. The van der Waals surface area contributed by atoms with Crippen molar-refractivity contribution >= 4 is 23.0 Å². The van der Waals surface area contributed by atoms with E-state index in [2.05, 4.69) is 20.7 Å². The number of piperazine rings is 1. The number of anilines is 3. The van der Waals surface area contributed by atoms with Crippen molar-refractivity contribution in [2.45, 2.75) is 12.6 Å². The molecule has 142 valence electrons. The summed E-state index contributed by atoms with van der Waals surface area (Å²) in [6.07, 6.45) is -3.91. The number of nitrogens with zero attached hydrogens (tertiary/aromatic N) is 2. The summed E-state index contributed by atoms with van der Waals surface area (Å²) < 4.78 is 38.0. The van der Waals surface area contributed by atoms with Gasteiger partial charge in [0.1, 0.15) is 0 Å². The fourth-order valence-corrected chi connectivity index (χ4v) is 3.42. The molecule has 4 rings (SSSR count). The van der Waals surface area contributed by atoms with Gasteiger partial charge in [-0.2, -0.15) is 13.2 Å². The summed E-state index contributed by atoms with van der Waals surface area (Å²) in [4.78, 5) is 13.5. The van der Waals surface area contributed by atoms with Gasteiger partial charge in [0.05, 0.1) is 12.0 Å². The highest BCUT2D eigenvalue weighted by Gasteiger charge is 2.30. The Morgan fingerprint density at radius 1 is 0.963 bits per heavy atom. The highest BCUT2D eigenvalue weighted by molar-refractivity contribution is 5.99. The molecule has 0 aromatic heterocycles. The van der Waals surface area contributed by atoms with Gasteiger partial charge in [-0.15, -0.1) is 0 Å². The van der Waals surface area contributed by atoms with Crippen molar-refractivity contribution in [3.05, 3.63) is 53.6 Å². The van der Waals surface area contributed by atoms with Crippen molar-refractivity contribution in [2.24, 2.45) is 0 Å². The van der Waals surface area contributed by atoms with Crippen molar-refractivity contribution in [3.8, 4) is 0 Å². The predicted molar refractivity (Wildman–Crippen MR) is 97.6 cm³/mol. The van der Waals surface area contributed by atoms with E-state index in [4.69, 9.17) is 0 Å². The molecule has 1 amide bonds. The van der Waals surface area contributed by atoms with Crippen LogP contribution in [0.3, 0.4) is 0 Å². The molecule has 2 aliphatic heterocycles. The number of rotatable bonds is 3. The number of amides is 1. The standard InChI is InChI=1S/C19H19F3N4O/c20-19(21,22)14-1-4-16(5-2-14)25-7-9-26(10-8-25)24-15-3-6-17-13(11-15)12-18(27)23-17/h1-6,11,24H,7-10,12H2,(H,23,27). The second-order valence-corrected chi connectivity index (χ2v) is 6.73. The molecule has 0 aliphatic carbocycles. The van der Waals surface area contributed by atoms with Crippen LogP contribution in [0, 0.1) is 0 Å². The fraction of sp³-hybridized carbons (Fsp3) is 0.316. The maximum absolute atomic E-state index is 12.7. The van der Waals surface area contributed by atoms with E-state index in [0.29, 0.717) is 19.5 Å². The molecule has 2 aliphatic rings. The van der Waals surface area contributed by atoms with Gasteiger partial charge in [0, 0.05) is 43.2 Å². The van der Waals surface area contributed by atoms with Crippen LogP contribution < -0.4 is 15.6 Å². The topological polar surface area (TPSA) is 47.6 Å². The molecule has 2 aromatic carbocycles. The van der Waals surface area contributed by atoms with E-state index in [1.807, 2.05) is 18.2 Å². The zero-order valence-corrected chi connectivity index (χ0v) is 14.5. The monoisotopic (exact) mass is 376 g/mol. The molecule has 2 aromatic rings. The largest absolute Gasteiger partial charge is 0.416 e. The second-order valence-electron chi connectivity index (χ2n) is 6.73. The maximum Gasteiger partial charge on any atom is 0.416 e. The molecule has 0 saturated carbocycles. The first-order valence-corrected chi connectivity index (χ1v) is 8.75. The highest BCUT2D eigenvalue weighted by atomic mass is 19.4. The molecule has 2 N–H and O–H groups in total. The Labute approximate surface area is 154 Å². The quantitative estimate of drug-likeness (QED) is 0.863. The van der Waals surface area contributed by atoms with Gasteiger partial charge < -0.3 is 15.6 Å². The summed E-state index contributed by atoms with van der Waals surface area (Å²) in [5.74, 6) is 0.00676. The molecule has 1 saturated heterocycles. The lowest BCUT2D eigenvalue weighted by Crippen LogP contribution is -2.48. The summed E-state index contributed by atoms with van der Waals surface area (Å²) in [5.41, 5.74) is 6.28. The molecule has 5 nitrogen and oxygen atoms in total. The highest BCUT2D eigenvalue weighted by Crippen LogP contribution is 2.31. The Kier molecular flexibility index (Phi) is 4.43. The number of carbonyl (C=O) groups excluding carboxylic acids is 1. The minimum atomic E-state index is -4.31.